The van der Waals surface area contributed by atoms with Crippen LogP contribution in [-0.2, 0) is 6.42 Å². The van der Waals surface area contributed by atoms with Gasteiger partial charge in [-0.3, -0.25) is 0 Å². The fraction of sp³-hybridized carbons (Fsp3) is 0.231. The predicted molar refractivity (Wildman–Crippen MR) is 80.9 cm³/mol. The second-order valence-corrected chi connectivity index (χ2v) is 7.56. The van der Waals surface area contributed by atoms with Crippen molar-refractivity contribution in [3.05, 3.63) is 43.0 Å². The van der Waals surface area contributed by atoms with Crippen molar-refractivity contribution in [1.82, 2.24) is 0 Å². The van der Waals surface area contributed by atoms with Crippen LogP contribution in [0.4, 0.5) is 0 Å². The molecular formula is C13H10Br2O3S. The molecule has 1 aromatic heterocycles. The van der Waals surface area contributed by atoms with Crippen molar-refractivity contribution in [1.29, 1.82) is 0 Å². The number of hydrogen-bond acceptors (Lipinski definition) is 4. The van der Waals surface area contributed by atoms with Gasteiger partial charge < -0.3 is 14.6 Å². The number of benzene rings is 1. The quantitative estimate of drug-likeness (QED) is 0.828. The first-order valence-electron chi connectivity index (χ1n) is 5.65. The minimum absolute atomic E-state index is 0.228. The van der Waals surface area contributed by atoms with Crippen molar-refractivity contribution in [2.75, 3.05) is 6.79 Å². The number of aliphatic hydroxyl groups excluding tert-OH is 1. The molecule has 100 valence electrons. The highest BCUT2D eigenvalue weighted by Crippen LogP contribution is 2.41. The van der Waals surface area contributed by atoms with Crippen molar-refractivity contribution < 1.29 is 14.6 Å². The Balaban J connectivity index is 1.84. The van der Waals surface area contributed by atoms with E-state index in [1.54, 1.807) is 11.3 Å². The summed E-state index contributed by atoms with van der Waals surface area (Å²) in [5, 5.41) is 10.3. The monoisotopic (exact) mass is 404 g/mol. The number of aliphatic hydroxyl groups is 1. The van der Waals surface area contributed by atoms with E-state index < -0.39 is 6.10 Å². The maximum atomic E-state index is 10.3. The molecule has 1 aliphatic rings. The summed E-state index contributed by atoms with van der Waals surface area (Å²) in [7, 11) is 0. The number of rotatable bonds is 3. The third-order valence-electron chi connectivity index (χ3n) is 2.86. The van der Waals surface area contributed by atoms with Crippen LogP contribution >= 0.6 is 43.2 Å². The summed E-state index contributed by atoms with van der Waals surface area (Å²) in [4.78, 5) is 1.13. The molecule has 0 saturated carbocycles. The minimum atomic E-state index is -0.559. The van der Waals surface area contributed by atoms with E-state index in [1.807, 2.05) is 24.3 Å². The van der Waals surface area contributed by atoms with Crippen molar-refractivity contribution in [3.63, 3.8) is 0 Å². The summed E-state index contributed by atoms with van der Waals surface area (Å²) in [5.41, 5.74) is 0.820. The summed E-state index contributed by atoms with van der Waals surface area (Å²) in [6.07, 6.45) is 0.0267. The first kappa shape index (κ1) is 13.4. The van der Waals surface area contributed by atoms with Gasteiger partial charge in [-0.15, -0.1) is 11.3 Å². The summed E-state index contributed by atoms with van der Waals surface area (Å²) < 4.78 is 12.6. The zero-order valence-electron chi connectivity index (χ0n) is 9.73. The Morgan fingerprint density at radius 1 is 1.26 bits per heavy atom. The highest BCUT2D eigenvalue weighted by Gasteiger charge is 2.21. The summed E-state index contributed by atoms with van der Waals surface area (Å²) in [5.74, 6) is 1.38. The van der Waals surface area contributed by atoms with Gasteiger partial charge in [0.05, 0.1) is 14.4 Å². The molecule has 3 rings (SSSR count). The molecule has 1 unspecified atom stereocenters. The number of fused-ring (bicyclic) bond motifs is 1. The standard InChI is InChI=1S/C13H10Br2O3S/c14-9-3-7(4-11-13(9)18-6-17-11)10(16)5-8-1-2-12(15)19-8/h1-4,10,16H,5-6H2. The maximum Gasteiger partial charge on any atom is 0.231 e. The van der Waals surface area contributed by atoms with Gasteiger partial charge in [0.25, 0.3) is 0 Å². The van der Waals surface area contributed by atoms with Gasteiger partial charge in [-0.25, -0.2) is 0 Å². The zero-order valence-corrected chi connectivity index (χ0v) is 13.7. The lowest BCUT2D eigenvalue weighted by atomic mass is 10.1. The molecule has 6 heteroatoms. The van der Waals surface area contributed by atoms with E-state index in [2.05, 4.69) is 31.9 Å². The molecule has 0 fully saturated rings. The van der Waals surface area contributed by atoms with E-state index in [9.17, 15) is 5.11 Å². The topological polar surface area (TPSA) is 38.7 Å². The Kier molecular flexibility index (Phi) is 3.84. The third-order valence-corrected chi connectivity index (χ3v) is 5.09. The van der Waals surface area contributed by atoms with Crippen LogP contribution in [0.15, 0.2) is 32.5 Å². The fourth-order valence-corrected chi connectivity index (χ4v) is 4.04. The molecular weight excluding hydrogens is 396 g/mol. The first-order chi connectivity index (χ1) is 9.13. The molecule has 1 aromatic carbocycles. The van der Waals surface area contributed by atoms with Gasteiger partial charge in [0, 0.05) is 11.3 Å². The molecule has 1 atom stereocenters. The van der Waals surface area contributed by atoms with E-state index in [1.165, 1.54) is 0 Å². The van der Waals surface area contributed by atoms with Gasteiger partial charge in [0.2, 0.25) is 6.79 Å². The Morgan fingerprint density at radius 3 is 2.84 bits per heavy atom. The lowest BCUT2D eigenvalue weighted by Gasteiger charge is -2.11. The smallest absolute Gasteiger partial charge is 0.231 e. The van der Waals surface area contributed by atoms with Crippen molar-refractivity contribution in [2.24, 2.45) is 0 Å². The Morgan fingerprint density at radius 2 is 2.11 bits per heavy atom. The summed E-state index contributed by atoms with van der Waals surface area (Å²) in [6.45, 7) is 0.228. The van der Waals surface area contributed by atoms with E-state index in [4.69, 9.17) is 9.47 Å². The van der Waals surface area contributed by atoms with Gasteiger partial charge in [0.15, 0.2) is 11.5 Å². The molecule has 1 aliphatic heterocycles. The van der Waals surface area contributed by atoms with Gasteiger partial charge in [-0.1, -0.05) is 0 Å². The normalized spacial score (nSPS) is 14.7. The average molecular weight is 406 g/mol. The van der Waals surface area contributed by atoms with Crippen molar-refractivity contribution >= 4 is 43.2 Å². The van der Waals surface area contributed by atoms with Gasteiger partial charge in [0.1, 0.15) is 0 Å². The van der Waals surface area contributed by atoms with E-state index >= 15 is 0 Å². The second-order valence-electron chi connectivity index (χ2n) is 4.16. The summed E-state index contributed by atoms with van der Waals surface area (Å²) >= 11 is 8.49. The van der Waals surface area contributed by atoms with Crippen LogP contribution in [-0.4, -0.2) is 11.9 Å². The summed E-state index contributed by atoms with van der Waals surface area (Å²) in [6, 6.07) is 7.71. The van der Waals surface area contributed by atoms with E-state index in [0.717, 1.165) is 18.7 Å². The van der Waals surface area contributed by atoms with E-state index in [-0.39, 0.29) is 6.79 Å². The molecule has 1 N–H and O–H groups in total. The zero-order chi connectivity index (χ0) is 13.4. The van der Waals surface area contributed by atoms with Gasteiger partial charge >= 0.3 is 0 Å². The van der Waals surface area contributed by atoms with Crippen molar-refractivity contribution in [2.45, 2.75) is 12.5 Å². The number of hydrogen-bond donors (Lipinski definition) is 1. The molecule has 0 saturated heterocycles. The molecule has 19 heavy (non-hydrogen) atoms. The first-order valence-corrected chi connectivity index (χ1v) is 8.05. The lowest BCUT2D eigenvalue weighted by molar-refractivity contribution is 0.171. The molecule has 0 amide bonds. The van der Waals surface area contributed by atoms with Gasteiger partial charge in [-0.2, -0.15) is 0 Å². The maximum absolute atomic E-state index is 10.3. The largest absolute Gasteiger partial charge is 0.454 e. The third kappa shape index (κ3) is 2.81. The van der Waals surface area contributed by atoms with Crippen molar-refractivity contribution in [3.8, 4) is 11.5 Å². The molecule has 2 heterocycles. The molecule has 0 bridgehead atoms. The Hall–Kier alpha value is -0.560. The Bertz CT molecular complexity index is 612. The predicted octanol–water partition coefficient (Wildman–Crippen LogP) is 4.28. The van der Waals surface area contributed by atoms with Crippen LogP contribution in [0, 0.1) is 0 Å². The van der Waals surface area contributed by atoms with Crippen LogP contribution in [0.5, 0.6) is 11.5 Å². The Labute approximate surface area is 131 Å². The number of ether oxygens (including phenoxy) is 2. The lowest BCUT2D eigenvalue weighted by Crippen LogP contribution is -2.00. The van der Waals surface area contributed by atoms with Crippen LogP contribution in [0.2, 0.25) is 0 Å². The van der Waals surface area contributed by atoms with Crippen LogP contribution in [0.1, 0.15) is 16.5 Å². The minimum Gasteiger partial charge on any atom is -0.454 e. The molecule has 3 nitrogen and oxygen atoms in total. The number of halogens is 2. The average Bonchev–Trinajstić information content (AvgIpc) is 2.98. The van der Waals surface area contributed by atoms with Crippen LogP contribution in [0.25, 0.3) is 0 Å². The van der Waals surface area contributed by atoms with Crippen LogP contribution < -0.4 is 9.47 Å². The highest BCUT2D eigenvalue weighted by molar-refractivity contribution is 9.11. The SMILES string of the molecule is OC(Cc1ccc(Br)s1)c1cc(Br)c2c(c1)OCO2. The molecule has 0 spiro atoms. The molecule has 0 radical (unpaired) electrons. The van der Waals surface area contributed by atoms with Gasteiger partial charge in [-0.05, 0) is 61.7 Å². The van der Waals surface area contributed by atoms with E-state index in [0.29, 0.717) is 17.9 Å². The number of thiophene rings is 1. The highest BCUT2D eigenvalue weighted by atomic mass is 79.9. The fourth-order valence-electron chi connectivity index (χ4n) is 1.95. The molecule has 0 aliphatic carbocycles. The van der Waals surface area contributed by atoms with Crippen LogP contribution in [0.3, 0.4) is 0 Å². The second kappa shape index (κ2) is 5.44. The molecule has 2 aromatic rings.